The van der Waals surface area contributed by atoms with Gasteiger partial charge in [-0.2, -0.15) is 5.06 Å². The maximum absolute atomic E-state index is 13.1. The number of ether oxygens (including phenoxy) is 1. The van der Waals surface area contributed by atoms with Gasteiger partial charge in [-0.1, -0.05) is 41.5 Å². The van der Waals surface area contributed by atoms with Crippen LogP contribution in [0.25, 0.3) is 0 Å². The van der Waals surface area contributed by atoms with Crippen molar-refractivity contribution in [1.29, 1.82) is 0 Å². The SMILES string of the molecule is CCC1CC(C(C)(C)C)CC(CC)C1OC(=O)C(C)ON(C(C)(C)C)C(C)(C)CC. The highest BCUT2D eigenvalue weighted by Gasteiger charge is 2.43. The van der Waals surface area contributed by atoms with Crippen molar-refractivity contribution in [3.63, 3.8) is 0 Å². The van der Waals surface area contributed by atoms with Gasteiger partial charge in [0.05, 0.1) is 0 Å². The van der Waals surface area contributed by atoms with E-state index < -0.39 is 6.10 Å². The van der Waals surface area contributed by atoms with Crippen LogP contribution < -0.4 is 0 Å². The summed E-state index contributed by atoms with van der Waals surface area (Å²) in [5.74, 6) is 1.30. The maximum atomic E-state index is 13.1. The zero-order valence-electron chi connectivity index (χ0n) is 22.1. The van der Waals surface area contributed by atoms with Crippen LogP contribution in [0.5, 0.6) is 0 Å². The Bertz CT molecular complexity index is 529. The van der Waals surface area contributed by atoms with Crippen molar-refractivity contribution < 1.29 is 14.4 Å². The maximum Gasteiger partial charge on any atom is 0.337 e. The quantitative estimate of drug-likeness (QED) is 0.309. The fourth-order valence-corrected chi connectivity index (χ4v) is 4.96. The zero-order chi connectivity index (χ0) is 23.5. The van der Waals surface area contributed by atoms with Crippen LogP contribution >= 0.6 is 0 Å². The molecule has 0 aromatic carbocycles. The first kappa shape index (κ1) is 27.4. The number of carbonyl (C=O) groups excluding carboxylic acids is 1. The molecule has 3 atom stereocenters. The van der Waals surface area contributed by atoms with Crippen LogP contribution in [0.2, 0.25) is 0 Å². The van der Waals surface area contributed by atoms with Gasteiger partial charge in [0, 0.05) is 11.1 Å². The summed E-state index contributed by atoms with van der Waals surface area (Å²) in [6, 6.07) is 0. The predicted molar refractivity (Wildman–Crippen MR) is 126 cm³/mol. The van der Waals surface area contributed by atoms with Gasteiger partial charge in [0.15, 0.2) is 6.10 Å². The summed E-state index contributed by atoms with van der Waals surface area (Å²) >= 11 is 0. The van der Waals surface area contributed by atoms with Gasteiger partial charge in [0.25, 0.3) is 0 Å². The molecule has 1 aliphatic carbocycles. The first-order valence-electron chi connectivity index (χ1n) is 12.3. The molecule has 3 unspecified atom stereocenters. The standard InChI is InChI=1S/C26H51NO3/c1-13-19-16-21(24(5,6)7)17-20(14-2)22(19)29-23(28)18(4)30-27(25(8,9)10)26(11,12)15-3/h18-22H,13-17H2,1-12H3. The molecule has 1 aliphatic rings. The number of hydroxylamine groups is 2. The van der Waals surface area contributed by atoms with Gasteiger partial charge < -0.3 is 4.74 Å². The molecule has 4 nitrogen and oxygen atoms in total. The van der Waals surface area contributed by atoms with E-state index in [0.717, 1.165) is 32.1 Å². The summed E-state index contributed by atoms with van der Waals surface area (Å²) in [5, 5.41) is 1.98. The molecule has 30 heavy (non-hydrogen) atoms. The Balaban J connectivity index is 2.95. The third-order valence-electron chi connectivity index (χ3n) is 7.25. The Morgan fingerprint density at radius 2 is 1.40 bits per heavy atom. The fourth-order valence-electron chi connectivity index (χ4n) is 4.96. The van der Waals surface area contributed by atoms with E-state index in [2.05, 4.69) is 76.2 Å². The van der Waals surface area contributed by atoms with Crippen molar-refractivity contribution >= 4 is 5.97 Å². The Kier molecular flexibility index (Phi) is 9.45. The van der Waals surface area contributed by atoms with Gasteiger partial charge in [-0.3, -0.25) is 4.84 Å². The molecular weight excluding hydrogens is 374 g/mol. The second-order valence-electron chi connectivity index (χ2n) is 12.2. The van der Waals surface area contributed by atoms with Gasteiger partial charge in [0.2, 0.25) is 0 Å². The monoisotopic (exact) mass is 425 g/mol. The second kappa shape index (κ2) is 10.3. The van der Waals surface area contributed by atoms with Crippen LogP contribution in [0, 0.1) is 23.2 Å². The minimum Gasteiger partial charge on any atom is -0.460 e. The highest BCUT2D eigenvalue weighted by Crippen LogP contribution is 2.46. The van der Waals surface area contributed by atoms with Gasteiger partial charge in [-0.15, -0.1) is 0 Å². The smallest absolute Gasteiger partial charge is 0.337 e. The minimum absolute atomic E-state index is 0.000535. The van der Waals surface area contributed by atoms with Crippen LogP contribution in [-0.2, 0) is 14.4 Å². The zero-order valence-corrected chi connectivity index (χ0v) is 22.1. The van der Waals surface area contributed by atoms with E-state index in [0.29, 0.717) is 23.2 Å². The molecule has 0 spiro atoms. The lowest BCUT2D eigenvalue weighted by Crippen LogP contribution is -2.56. The molecule has 1 saturated carbocycles. The average molecular weight is 426 g/mol. The minimum atomic E-state index is -0.620. The molecule has 178 valence electrons. The Hall–Kier alpha value is -0.610. The highest BCUT2D eigenvalue weighted by atomic mass is 16.7. The van der Waals surface area contributed by atoms with Gasteiger partial charge >= 0.3 is 5.97 Å². The second-order valence-corrected chi connectivity index (χ2v) is 12.2. The molecule has 0 aromatic rings. The van der Waals surface area contributed by atoms with Crippen LogP contribution in [0.15, 0.2) is 0 Å². The third-order valence-corrected chi connectivity index (χ3v) is 7.25. The van der Waals surface area contributed by atoms with Crippen LogP contribution in [0.3, 0.4) is 0 Å². The number of hydrogen-bond acceptors (Lipinski definition) is 4. The number of hydrogen-bond donors (Lipinski definition) is 0. The first-order valence-corrected chi connectivity index (χ1v) is 12.3. The summed E-state index contributed by atoms with van der Waals surface area (Å²) < 4.78 is 6.19. The van der Waals surface area contributed by atoms with E-state index in [9.17, 15) is 4.79 Å². The molecule has 0 amide bonds. The Labute approximate surface area is 187 Å². The molecule has 0 aromatic heterocycles. The van der Waals surface area contributed by atoms with Crippen molar-refractivity contribution in [2.75, 3.05) is 0 Å². The molecule has 0 radical (unpaired) electrons. The number of rotatable bonds is 8. The average Bonchev–Trinajstić information content (AvgIpc) is 2.63. The molecule has 4 heteroatoms. The van der Waals surface area contributed by atoms with Crippen molar-refractivity contribution in [3.05, 3.63) is 0 Å². The van der Waals surface area contributed by atoms with Crippen LogP contribution in [0.1, 0.15) is 115 Å². The fraction of sp³-hybridized carbons (Fsp3) is 0.962. The summed E-state index contributed by atoms with van der Waals surface area (Å²) in [5.41, 5.74) is -0.0860. The summed E-state index contributed by atoms with van der Waals surface area (Å²) in [7, 11) is 0. The van der Waals surface area contributed by atoms with E-state index in [1.807, 2.05) is 12.0 Å². The molecule has 0 N–H and O–H groups in total. The molecule has 1 rings (SSSR count). The van der Waals surface area contributed by atoms with Crippen molar-refractivity contribution in [1.82, 2.24) is 5.06 Å². The largest absolute Gasteiger partial charge is 0.460 e. The van der Waals surface area contributed by atoms with Gasteiger partial charge in [0.1, 0.15) is 6.10 Å². The Morgan fingerprint density at radius 1 is 0.933 bits per heavy atom. The molecular formula is C26H51NO3. The van der Waals surface area contributed by atoms with Gasteiger partial charge in [-0.25, -0.2) is 4.79 Å². The third kappa shape index (κ3) is 6.95. The number of carbonyl (C=O) groups is 1. The lowest BCUT2D eigenvalue weighted by atomic mass is 9.63. The van der Waals surface area contributed by atoms with Crippen LogP contribution in [-0.4, -0.2) is 34.3 Å². The molecule has 0 bridgehead atoms. The lowest BCUT2D eigenvalue weighted by molar-refractivity contribution is -0.286. The highest BCUT2D eigenvalue weighted by molar-refractivity contribution is 5.74. The van der Waals surface area contributed by atoms with Gasteiger partial charge in [-0.05, 0) is 96.8 Å². The molecule has 1 fully saturated rings. The summed E-state index contributed by atoms with van der Waals surface area (Å²) in [6.45, 7) is 26.1. The first-order chi connectivity index (χ1) is 13.6. The molecule has 0 aliphatic heterocycles. The number of esters is 1. The summed E-state index contributed by atoms with van der Waals surface area (Å²) in [6.07, 6.45) is 4.69. The van der Waals surface area contributed by atoms with E-state index >= 15 is 0 Å². The topological polar surface area (TPSA) is 38.8 Å². The molecule has 0 saturated heterocycles. The van der Waals surface area contributed by atoms with Crippen LogP contribution in [0.4, 0.5) is 0 Å². The van der Waals surface area contributed by atoms with E-state index in [1.54, 1.807) is 0 Å². The lowest BCUT2D eigenvalue weighted by Gasteiger charge is -2.47. The van der Waals surface area contributed by atoms with Crippen molar-refractivity contribution in [3.8, 4) is 0 Å². The predicted octanol–water partition coefficient (Wildman–Crippen LogP) is 7.02. The van der Waals surface area contributed by atoms with E-state index in [-0.39, 0.29) is 23.2 Å². The summed E-state index contributed by atoms with van der Waals surface area (Å²) in [4.78, 5) is 19.4. The Morgan fingerprint density at radius 3 is 1.73 bits per heavy atom. The number of nitrogens with zero attached hydrogens (tertiary/aromatic N) is 1. The van der Waals surface area contributed by atoms with E-state index in [1.165, 1.54) is 0 Å². The van der Waals surface area contributed by atoms with Crippen molar-refractivity contribution in [2.24, 2.45) is 23.2 Å². The molecule has 0 heterocycles. The van der Waals surface area contributed by atoms with E-state index in [4.69, 9.17) is 9.57 Å². The van der Waals surface area contributed by atoms with Crippen molar-refractivity contribution in [2.45, 2.75) is 138 Å². The normalized spacial score (nSPS) is 27.2.